The van der Waals surface area contributed by atoms with Gasteiger partial charge in [0.05, 0.1) is 6.10 Å². The first-order valence-corrected chi connectivity index (χ1v) is 5.48. The predicted octanol–water partition coefficient (Wildman–Crippen LogP) is 1.32. The number of carbonyl (C=O) groups excluding carboxylic acids is 1. The molecule has 1 saturated heterocycles. The summed E-state index contributed by atoms with van der Waals surface area (Å²) in [6.45, 7) is 7.40. The largest absolute Gasteiger partial charge is 0.457 e. The number of ether oxygens (including phenoxy) is 2. The molecule has 0 spiro atoms. The third kappa shape index (κ3) is 2.69. The van der Waals surface area contributed by atoms with Crippen LogP contribution in [-0.2, 0) is 14.3 Å². The quantitative estimate of drug-likeness (QED) is 0.707. The standard InChI is InChI=1S/C11H20O4/c1-5-9-6(2)7(3)10(11(13)15-9)14-8(4)12/h6-7,9-11,13H,5H2,1-4H3/t6-,7-,9?,10?,11+/m0/s1. The van der Waals surface area contributed by atoms with Crippen molar-refractivity contribution in [1.82, 2.24) is 0 Å². The number of esters is 1. The number of rotatable bonds is 2. The van der Waals surface area contributed by atoms with Gasteiger partial charge in [0.1, 0.15) is 0 Å². The van der Waals surface area contributed by atoms with E-state index in [1.54, 1.807) is 0 Å². The van der Waals surface area contributed by atoms with E-state index in [0.29, 0.717) is 0 Å². The van der Waals surface area contributed by atoms with Gasteiger partial charge in [0.15, 0.2) is 12.4 Å². The average Bonchev–Trinajstić information content (AvgIpc) is 2.18. The maximum atomic E-state index is 10.9. The van der Waals surface area contributed by atoms with Gasteiger partial charge in [-0.3, -0.25) is 4.79 Å². The molecule has 1 rings (SSSR count). The first-order valence-electron chi connectivity index (χ1n) is 5.48. The molecule has 5 atom stereocenters. The lowest BCUT2D eigenvalue weighted by Gasteiger charge is -2.41. The molecule has 0 aliphatic carbocycles. The van der Waals surface area contributed by atoms with Gasteiger partial charge in [-0.05, 0) is 12.3 Å². The number of aliphatic hydroxyl groups excluding tert-OH is 1. The minimum atomic E-state index is -0.995. The van der Waals surface area contributed by atoms with Crippen LogP contribution in [0.3, 0.4) is 0 Å². The summed E-state index contributed by atoms with van der Waals surface area (Å²) in [7, 11) is 0. The summed E-state index contributed by atoms with van der Waals surface area (Å²) in [4.78, 5) is 10.9. The van der Waals surface area contributed by atoms with E-state index in [2.05, 4.69) is 6.92 Å². The lowest BCUT2D eigenvalue weighted by molar-refractivity contribution is -0.257. The molecule has 0 amide bonds. The first kappa shape index (κ1) is 12.5. The second kappa shape index (κ2) is 4.94. The number of hydrogen-bond acceptors (Lipinski definition) is 4. The monoisotopic (exact) mass is 216 g/mol. The van der Waals surface area contributed by atoms with Crippen LogP contribution in [0, 0.1) is 11.8 Å². The zero-order chi connectivity index (χ0) is 11.6. The Morgan fingerprint density at radius 3 is 2.47 bits per heavy atom. The highest BCUT2D eigenvalue weighted by Gasteiger charge is 2.41. The normalized spacial score (nSPS) is 41.3. The van der Waals surface area contributed by atoms with E-state index in [9.17, 15) is 9.90 Å². The fraction of sp³-hybridized carbons (Fsp3) is 0.909. The van der Waals surface area contributed by atoms with Crippen LogP contribution in [0.15, 0.2) is 0 Å². The molecule has 0 aromatic heterocycles. The van der Waals surface area contributed by atoms with Gasteiger partial charge in [0.25, 0.3) is 0 Å². The summed E-state index contributed by atoms with van der Waals surface area (Å²) < 4.78 is 10.5. The third-order valence-corrected chi connectivity index (χ3v) is 3.23. The van der Waals surface area contributed by atoms with E-state index in [1.807, 2.05) is 13.8 Å². The molecule has 88 valence electrons. The Morgan fingerprint density at radius 1 is 1.40 bits per heavy atom. The van der Waals surface area contributed by atoms with Crippen molar-refractivity contribution >= 4 is 5.97 Å². The van der Waals surface area contributed by atoms with Crippen molar-refractivity contribution in [3.63, 3.8) is 0 Å². The second-order valence-electron chi connectivity index (χ2n) is 4.27. The lowest BCUT2D eigenvalue weighted by atomic mass is 9.82. The Morgan fingerprint density at radius 2 is 2.00 bits per heavy atom. The molecule has 1 heterocycles. The molecule has 1 aliphatic heterocycles. The van der Waals surface area contributed by atoms with E-state index >= 15 is 0 Å². The Hall–Kier alpha value is -0.610. The van der Waals surface area contributed by atoms with Crippen molar-refractivity contribution < 1.29 is 19.4 Å². The van der Waals surface area contributed by atoms with Crippen molar-refractivity contribution in [3.05, 3.63) is 0 Å². The van der Waals surface area contributed by atoms with Crippen LogP contribution >= 0.6 is 0 Å². The Kier molecular flexibility index (Phi) is 4.11. The molecule has 1 aliphatic rings. The molecular formula is C11H20O4. The fourth-order valence-corrected chi connectivity index (χ4v) is 2.10. The van der Waals surface area contributed by atoms with Crippen LogP contribution in [0.2, 0.25) is 0 Å². The summed E-state index contributed by atoms with van der Waals surface area (Å²) in [5, 5.41) is 9.71. The zero-order valence-electron chi connectivity index (χ0n) is 9.77. The Labute approximate surface area is 90.6 Å². The van der Waals surface area contributed by atoms with E-state index in [0.717, 1.165) is 6.42 Å². The first-order chi connectivity index (χ1) is 6.97. The van der Waals surface area contributed by atoms with Gasteiger partial charge in [0.2, 0.25) is 0 Å². The molecule has 0 radical (unpaired) electrons. The summed E-state index contributed by atoms with van der Waals surface area (Å²) in [6, 6.07) is 0. The van der Waals surface area contributed by atoms with E-state index < -0.39 is 12.4 Å². The molecule has 15 heavy (non-hydrogen) atoms. The molecule has 1 N–H and O–H groups in total. The van der Waals surface area contributed by atoms with Crippen LogP contribution in [-0.4, -0.2) is 29.6 Å². The molecule has 0 aromatic carbocycles. The highest BCUT2D eigenvalue weighted by atomic mass is 16.6. The van der Waals surface area contributed by atoms with Crippen molar-refractivity contribution in [3.8, 4) is 0 Å². The Balaban J connectivity index is 2.70. The third-order valence-electron chi connectivity index (χ3n) is 3.23. The average molecular weight is 216 g/mol. The maximum absolute atomic E-state index is 10.9. The smallest absolute Gasteiger partial charge is 0.303 e. The van der Waals surface area contributed by atoms with Crippen LogP contribution in [0.1, 0.15) is 34.1 Å². The number of hydrogen-bond donors (Lipinski definition) is 1. The molecule has 1 fully saturated rings. The topological polar surface area (TPSA) is 55.8 Å². The predicted molar refractivity (Wildman–Crippen MR) is 55.1 cm³/mol. The summed E-state index contributed by atoms with van der Waals surface area (Å²) >= 11 is 0. The number of aliphatic hydroxyl groups is 1. The molecule has 2 unspecified atom stereocenters. The van der Waals surface area contributed by atoms with Gasteiger partial charge < -0.3 is 14.6 Å². The van der Waals surface area contributed by atoms with Crippen molar-refractivity contribution in [2.75, 3.05) is 0 Å². The molecule has 0 bridgehead atoms. The second-order valence-corrected chi connectivity index (χ2v) is 4.27. The van der Waals surface area contributed by atoms with E-state index in [-0.39, 0.29) is 23.9 Å². The van der Waals surface area contributed by atoms with Gasteiger partial charge in [-0.15, -0.1) is 0 Å². The fourth-order valence-electron chi connectivity index (χ4n) is 2.10. The van der Waals surface area contributed by atoms with Gasteiger partial charge in [-0.1, -0.05) is 20.8 Å². The lowest BCUT2D eigenvalue weighted by Crippen LogP contribution is -2.50. The summed E-state index contributed by atoms with van der Waals surface area (Å²) in [6.07, 6.45) is -0.637. The van der Waals surface area contributed by atoms with Crippen molar-refractivity contribution in [1.29, 1.82) is 0 Å². The molecule has 0 saturated carbocycles. The Bertz CT molecular complexity index is 229. The van der Waals surface area contributed by atoms with Crippen molar-refractivity contribution in [2.45, 2.75) is 52.6 Å². The molecule has 4 heteroatoms. The van der Waals surface area contributed by atoms with Gasteiger partial charge in [0, 0.05) is 12.8 Å². The zero-order valence-corrected chi connectivity index (χ0v) is 9.77. The van der Waals surface area contributed by atoms with Gasteiger partial charge >= 0.3 is 5.97 Å². The van der Waals surface area contributed by atoms with Gasteiger partial charge in [-0.25, -0.2) is 0 Å². The van der Waals surface area contributed by atoms with Crippen LogP contribution in [0.5, 0.6) is 0 Å². The minimum absolute atomic E-state index is 0.0433. The van der Waals surface area contributed by atoms with Gasteiger partial charge in [-0.2, -0.15) is 0 Å². The maximum Gasteiger partial charge on any atom is 0.303 e. The van der Waals surface area contributed by atoms with Crippen LogP contribution in [0.25, 0.3) is 0 Å². The van der Waals surface area contributed by atoms with Crippen molar-refractivity contribution in [2.24, 2.45) is 11.8 Å². The van der Waals surface area contributed by atoms with E-state index in [1.165, 1.54) is 6.92 Å². The SMILES string of the molecule is CCC1O[C@@H](O)C(OC(C)=O)[C@@H](C)[C@@H]1C. The summed E-state index contributed by atoms with van der Waals surface area (Å²) in [5.41, 5.74) is 0. The molecular weight excluding hydrogens is 196 g/mol. The highest BCUT2D eigenvalue weighted by molar-refractivity contribution is 5.66. The van der Waals surface area contributed by atoms with E-state index in [4.69, 9.17) is 9.47 Å². The highest BCUT2D eigenvalue weighted by Crippen LogP contribution is 2.32. The van der Waals surface area contributed by atoms with Crippen LogP contribution < -0.4 is 0 Å². The summed E-state index contributed by atoms with van der Waals surface area (Å²) in [5.74, 6) is 0.0157. The molecule has 0 aromatic rings. The molecule has 4 nitrogen and oxygen atoms in total. The number of carbonyl (C=O) groups is 1. The van der Waals surface area contributed by atoms with Crippen LogP contribution in [0.4, 0.5) is 0 Å². The minimum Gasteiger partial charge on any atom is -0.457 e.